The van der Waals surface area contributed by atoms with Crippen LogP contribution in [0.15, 0.2) is 0 Å². The second kappa shape index (κ2) is 42.9. The molecule has 0 aromatic carbocycles. The molecular formula is C15H18O5RuW. The maximum Gasteiger partial charge on any atom is 0 e. The van der Waals surface area contributed by atoms with Crippen molar-refractivity contribution in [3.8, 4) is 0 Å². The first-order valence-corrected chi connectivity index (χ1v) is 5.99. The molecular weight excluding hydrogens is 545 g/mol. The van der Waals surface area contributed by atoms with Crippen molar-refractivity contribution < 1.29 is 63.8 Å². The van der Waals surface area contributed by atoms with E-state index in [9.17, 15) is 0 Å². The SMILES string of the molecule is C1CCC(C2CCCC2)C1.[C-]#[O+].[C-]#[O+].[C-]#[O+].[C-]#[O+].[C-]#[O+].[Ru].[W]. The summed E-state index contributed by atoms with van der Waals surface area (Å²) in [6, 6.07) is 0. The van der Waals surface area contributed by atoms with Gasteiger partial charge in [0.05, 0.1) is 0 Å². The van der Waals surface area contributed by atoms with Gasteiger partial charge in [0.25, 0.3) is 0 Å². The van der Waals surface area contributed by atoms with Crippen LogP contribution in [-0.2, 0) is 63.8 Å². The third kappa shape index (κ3) is 22.3. The average Bonchev–Trinajstić information content (AvgIpc) is 3.30. The summed E-state index contributed by atoms with van der Waals surface area (Å²) in [5.41, 5.74) is 0. The zero-order valence-corrected chi connectivity index (χ0v) is 16.8. The first-order chi connectivity index (χ1) is 9.97. The van der Waals surface area contributed by atoms with Gasteiger partial charge in [-0.05, 0) is 11.8 Å². The zero-order chi connectivity index (χ0) is 16.8. The Morgan fingerprint density at radius 3 is 0.727 bits per heavy atom. The third-order valence-electron chi connectivity index (χ3n) is 3.47. The molecule has 22 heavy (non-hydrogen) atoms. The molecule has 2 aliphatic carbocycles. The van der Waals surface area contributed by atoms with Crippen molar-refractivity contribution in [2.75, 3.05) is 0 Å². The molecule has 0 aliphatic heterocycles. The van der Waals surface area contributed by atoms with Crippen LogP contribution >= 0.6 is 0 Å². The maximum absolute atomic E-state index is 7.50. The molecule has 2 aliphatic rings. The molecule has 0 spiro atoms. The summed E-state index contributed by atoms with van der Waals surface area (Å²) < 4.78 is 37.5. The smallest absolute Gasteiger partial charge is 0 e. The zero-order valence-electron chi connectivity index (χ0n) is 12.1. The largest absolute Gasteiger partial charge is 0 e. The van der Waals surface area contributed by atoms with E-state index in [4.69, 9.17) is 23.3 Å². The Bertz CT molecular complexity index is 225. The van der Waals surface area contributed by atoms with E-state index in [1.165, 1.54) is 25.7 Å². The van der Waals surface area contributed by atoms with Crippen LogP contribution in [-0.4, -0.2) is 0 Å². The van der Waals surface area contributed by atoms with Crippen LogP contribution in [0.1, 0.15) is 51.4 Å². The Hall–Kier alpha value is 0.0117. The molecule has 0 bridgehead atoms. The summed E-state index contributed by atoms with van der Waals surface area (Å²) in [4.78, 5) is 0. The van der Waals surface area contributed by atoms with Gasteiger partial charge < -0.3 is 0 Å². The van der Waals surface area contributed by atoms with E-state index >= 15 is 0 Å². The second-order valence-electron chi connectivity index (χ2n) is 4.09. The average molecular weight is 563 g/mol. The molecule has 0 aromatic rings. The van der Waals surface area contributed by atoms with Gasteiger partial charge in [0, 0.05) is 40.5 Å². The molecule has 0 radical (unpaired) electrons. The molecule has 2 rings (SSSR count). The Morgan fingerprint density at radius 2 is 0.591 bits per heavy atom. The van der Waals surface area contributed by atoms with Gasteiger partial charge in [-0.2, -0.15) is 0 Å². The van der Waals surface area contributed by atoms with Gasteiger partial charge in [0.1, 0.15) is 0 Å². The number of rotatable bonds is 1. The van der Waals surface area contributed by atoms with Crippen molar-refractivity contribution >= 4 is 0 Å². The number of hydrogen-bond acceptors (Lipinski definition) is 0. The fourth-order valence-corrected chi connectivity index (χ4v) is 2.86. The van der Waals surface area contributed by atoms with Gasteiger partial charge in [0.2, 0.25) is 0 Å². The van der Waals surface area contributed by atoms with E-state index in [2.05, 4.69) is 33.3 Å². The minimum absolute atomic E-state index is 0. The third-order valence-corrected chi connectivity index (χ3v) is 3.47. The van der Waals surface area contributed by atoms with Crippen LogP contribution in [0.25, 0.3) is 0 Å². The molecule has 0 amide bonds. The van der Waals surface area contributed by atoms with Gasteiger partial charge in [-0.3, -0.25) is 0 Å². The summed E-state index contributed by atoms with van der Waals surface area (Å²) in [7, 11) is 0. The van der Waals surface area contributed by atoms with Gasteiger partial charge in [0.15, 0.2) is 0 Å². The molecule has 0 unspecified atom stereocenters. The summed E-state index contributed by atoms with van der Waals surface area (Å²) in [5.74, 6) is 2.31. The van der Waals surface area contributed by atoms with E-state index in [1.54, 1.807) is 25.7 Å². The van der Waals surface area contributed by atoms with Crippen molar-refractivity contribution in [3.05, 3.63) is 33.3 Å². The molecule has 7 heteroatoms. The quantitative estimate of drug-likeness (QED) is 0.266. The first-order valence-electron chi connectivity index (χ1n) is 5.99. The van der Waals surface area contributed by atoms with E-state index in [0.29, 0.717) is 0 Å². The predicted octanol–water partition coefficient (Wildman–Crippen LogP) is 3.17. The molecule has 2 saturated carbocycles. The van der Waals surface area contributed by atoms with Gasteiger partial charge in [-0.25, -0.2) is 0 Å². The van der Waals surface area contributed by atoms with Crippen LogP contribution < -0.4 is 0 Å². The Balaban J connectivity index is -0.0000000467. The van der Waals surface area contributed by atoms with Gasteiger partial charge >= 0.3 is 56.5 Å². The first kappa shape index (κ1) is 37.9. The van der Waals surface area contributed by atoms with Crippen LogP contribution in [0.2, 0.25) is 0 Å². The van der Waals surface area contributed by atoms with Crippen molar-refractivity contribution in [2.24, 2.45) is 11.8 Å². The number of hydrogen-bond donors (Lipinski definition) is 0. The Labute approximate surface area is 160 Å². The normalized spacial score (nSPS) is 14.1. The summed E-state index contributed by atoms with van der Waals surface area (Å²) in [5, 5.41) is 0. The van der Waals surface area contributed by atoms with E-state index < -0.39 is 0 Å². The van der Waals surface area contributed by atoms with Crippen molar-refractivity contribution in [1.29, 1.82) is 0 Å². The van der Waals surface area contributed by atoms with Gasteiger partial charge in [-0.1, -0.05) is 51.4 Å². The topological polar surface area (TPSA) is 99.5 Å². The molecule has 0 saturated heterocycles. The van der Waals surface area contributed by atoms with Crippen molar-refractivity contribution in [3.63, 3.8) is 0 Å². The van der Waals surface area contributed by atoms with Crippen LogP contribution in [0.5, 0.6) is 0 Å². The van der Waals surface area contributed by atoms with Gasteiger partial charge in [-0.15, -0.1) is 0 Å². The van der Waals surface area contributed by atoms with Crippen LogP contribution in [0.4, 0.5) is 0 Å². The molecule has 122 valence electrons. The summed E-state index contributed by atoms with van der Waals surface area (Å²) in [6.07, 6.45) is 12.4. The van der Waals surface area contributed by atoms with Crippen molar-refractivity contribution in [1.82, 2.24) is 0 Å². The Kier molecular flexibility index (Phi) is 73.8. The monoisotopic (exact) mass is 564 g/mol. The molecule has 5 nitrogen and oxygen atoms in total. The molecule has 0 N–H and O–H groups in total. The molecule has 2 fully saturated rings. The van der Waals surface area contributed by atoms with Crippen LogP contribution in [0.3, 0.4) is 0 Å². The van der Waals surface area contributed by atoms with E-state index in [-0.39, 0.29) is 40.5 Å². The summed E-state index contributed by atoms with van der Waals surface area (Å²) in [6.45, 7) is 22.5. The predicted molar refractivity (Wildman–Crippen MR) is 63.6 cm³/mol. The standard InChI is InChI=1S/C10H18.5CO.Ru.W/c1-2-6-9(5-1)10-7-3-4-8-10;5*1-2;;/h9-10H,1-8H2;;;;;;;. The van der Waals surface area contributed by atoms with Crippen LogP contribution in [0, 0.1) is 45.1 Å². The maximum atomic E-state index is 7.50. The molecule has 0 atom stereocenters. The molecule has 0 aromatic heterocycles. The fraction of sp³-hybridized carbons (Fsp3) is 0.667. The summed E-state index contributed by atoms with van der Waals surface area (Å²) >= 11 is 0. The second-order valence-corrected chi connectivity index (χ2v) is 4.09. The minimum Gasteiger partial charge on any atom is 0 e. The minimum atomic E-state index is 0. The van der Waals surface area contributed by atoms with Crippen molar-refractivity contribution in [2.45, 2.75) is 51.4 Å². The fourth-order valence-electron chi connectivity index (χ4n) is 2.86. The van der Waals surface area contributed by atoms with E-state index in [0.717, 1.165) is 11.8 Å². The molecule has 0 heterocycles. The Morgan fingerprint density at radius 1 is 0.455 bits per heavy atom. The van der Waals surface area contributed by atoms with E-state index in [1.807, 2.05) is 0 Å².